The lowest BCUT2D eigenvalue weighted by molar-refractivity contribution is -0.148. The summed E-state index contributed by atoms with van der Waals surface area (Å²) in [5, 5.41) is 2.67. The number of rotatable bonds is 7. The van der Waals surface area contributed by atoms with E-state index >= 15 is 0 Å². The first-order valence-electron chi connectivity index (χ1n) is 8.72. The maximum absolute atomic E-state index is 12.0. The molecule has 0 radical (unpaired) electrons. The Labute approximate surface area is 167 Å². The standard InChI is InChI=1S/C22H19ClO5/c1-26-20-13-18(23)8-9-19(20)28-22(25)11-10-21(24)27-14-15-6-7-16-4-2-3-5-17(16)12-15/h2-9,12-13H,10-11,14H2,1H3. The van der Waals surface area contributed by atoms with Crippen LogP contribution >= 0.6 is 11.6 Å². The van der Waals surface area contributed by atoms with Crippen LogP contribution in [0, 0.1) is 0 Å². The summed E-state index contributed by atoms with van der Waals surface area (Å²) in [5.74, 6) is -0.419. The van der Waals surface area contributed by atoms with Gasteiger partial charge in [0.05, 0.1) is 20.0 Å². The molecular formula is C22H19ClO5. The molecule has 0 bridgehead atoms. The molecule has 3 aromatic carbocycles. The minimum Gasteiger partial charge on any atom is -0.493 e. The summed E-state index contributed by atoms with van der Waals surface area (Å²) in [6.07, 6.45) is -0.162. The Morgan fingerprint density at radius 1 is 0.857 bits per heavy atom. The van der Waals surface area contributed by atoms with Gasteiger partial charge in [-0.25, -0.2) is 0 Å². The molecule has 6 heteroatoms. The minimum absolute atomic E-state index is 0.0671. The van der Waals surface area contributed by atoms with Gasteiger partial charge in [-0.2, -0.15) is 0 Å². The van der Waals surface area contributed by atoms with Crippen LogP contribution in [0.5, 0.6) is 11.5 Å². The van der Waals surface area contributed by atoms with Crippen LogP contribution in [0.2, 0.25) is 5.02 Å². The van der Waals surface area contributed by atoms with Gasteiger partial charge in [-0.3, -0.25) is 9.59 Å². The number of carbonyl (C=O) groups excluding carboxylic acids is 2. The van der Waals surface area contributed by atoms with Crippen LogP contribution < -0.4 is 9.47 Å². The lowest BCUT2D eigenvalue weighted by Crippen LogP contribution is -2.12. The van der Waals surface area contributed by atoms with Gasteiger partial charge in [0.25, 0.3) is 0 Å². The zero-order valence-electron chi connectivity index (χ0n) is 15.3. The predicted molar refractivity (Wildman–Crippen MR) is 107 cm³/mol. The van der Waals surface area contributed by atoms with Crippen molar-refractivity contribution in [2.24, 2.45) is 0 Å². The van der Waals surface area contributed by atoms with Crippen LogP contribution in [0.1, 0.15) is 18.4 Å². The fraction of sp³-hybridized carbons (Fsp3) is 0.182. The second-order valence-corrected chi connectivity index (χ2v) is 6.55. The highest BCUT2D eigenvalue weighted by Gasteiger charge is 2.13. The maximum Gasteiger partial charge on any atom is 0.311 e. The molecule has 144 valence electrons. The van der Waals surface area contributed by atoms with Gasteiger partial charge in [0, 0.05) is 11.1 Å². The summed E-state index contributed by atoms with van der Waals surface area (Å²) in [5.41, 5.74) is 0.889. The Kier molecular flexibility index (Phi) is 6.50. The van der Waals surface area contributed by atoms with Crippen molar-refractivity contribution in [2.75, 3.05) is 7.11 Å². The Hall–Kier alpha value is -3.05. The molecule has 28 heavy (non-hydrogen) atoms. The Morgan fingerprint density at radius 3 is 2.39 bits per heavy atom. The summed E-state index contributed by atoms with van der Waals surface area (Å²) in [4.78, 5) is 23.9. The van der Waals surface area contributed by atoms with Crippen molar-refractivity contribution in [1.29, 1.82) is 0 Å². The van der Waals surface area contributed by atoms with E-state index in [1.54, 1.807) is 12.1 Å². The van der Waals surface area contributed by atoms with E-state index in [4.69, 9.17) is 25.8 Å². The average Bonchev–Trinajstić information content (AvgIpc) is 2.71. The molecule has 0 atom stereocenters. The number of ether oxygens (including phenoxy) is 3. The quantitative estimate of drug-likeness (QED) is 0.417. The van der Waals surface area contributed by atoms with Crippen LogP contribution in [-0.4, -0.2) is 19.0 Å². The number of fused-ring (bicyclic) bond motifs is 1. The van der Waals surface area contributed by atoms with Crippen LogP contribution in [0.3, 0.4) is 0 Å². The van der Waals surface area contributed by atoms with Crippen molar-refractivity contribution >= 4 is 34.3 Å². The van der Waals surface area contributed by atoms with Crippen molar-refractivity contribution in [2.45, 2.75) is 19.4 Å². The fourth-order valence-electron chi connectivity index (χ4n) is 2.67. The number of hydrogen-bond donors (Lipinski definition) is 0. The zero-order valence-corrected chi connectivity index (χ0v) is 16.1. The molecule has 0 spiro atoms. The predicted octanol–water partition coefficient (Wildman–Crippen LogP) is 4.93. The highest BCUT2D eigenvalue weighted by molar-refractivity contribution is 6.30. The van der Waals surface area contributed by atoms with Crippen molar-refractivity contribution in [3.8, 4) is 11.5 Å². The first-order valence-corrected chi connectivity index (χ1v) is 9.10. The molecule has 0 aliphatic carbocycles. The molecule has 5 nitrogen and oxygen atoms in total. The third-order valence-corrected chi connectivity index (χ3v) is 4.33. The van der Waals surface area contributed by atoms with E-state index in [0.717, 1.165) is 16.3 Å². The SMILES string of the molecule is COc1cc(Cl)ccc1OC(=O)CCC(=O)OCc1ccc2ccccc2c1. The molecule has 0 unspecified atom stereocenters. The van der Waals surface area contributed by atoms with Gasteiger partial charge < -0.3 is 14.2 Å². The summed E-state index contributed by atoms with van der Waals surface area (Å²) in [7, 11) is 1.45. The van der Waals surface area contributed by atoms with E-state index in [9.17, 15) is 9.59 Å². The minimum atomic E-state index is -0.553. The Balaban J connectivity index is 1.47. The number of halogens is 1. The molecule has 0 fully saturated rings. The van der Waals surface area contributed by atoms with E-state index in [0.29, 0.717) is 10.8 Å². The fourth-order valence-corrected chi connectivity index (χ4v) is 2.83. The molecule has 0 amide bonds. The van der Waals surface area contributed by atoms with E-state index in [2.05, 4.69) is 0 Å². The highest BCUT2D eigenvalue weighted by atomic mass is 35.5. The monoisotopic (exact) mass is 398 g/mol. The molecule has 0 saturated heterocycles. The Bertz CT molecular complexity index is 999. The molecular weight excluding hydrogens is 380 g/mol. The molecule has 0 aliphatic rings. The first-order chi connectivity index (χ1) is 13.5. The number of benzene rings is 3. The van der Waals surface area contributed by atoms with Gasteiger partial charge in [0.15, 0.2) is 11.5 Å². The molecule has 0 saturated carbocycles. The van der Waals surface area contributed by atoms with Gasteiger partial charge in [0.1, 0.15) is 6.61 Å². The van der Waals surface area contributed by atoms with E-state index < -0.39 is 11.9 Å². The lowest BCUT2D eigenvalue weighted by atomic mass is 10.1. The molecule has 0 N–H and O–H groups in total. The molecule has 0 heterocycles. The van der Waals surface area contributed by atoms with Crippen molar-refractivity contribution in [3.63, 3.8) is 0 Å². The van der Waals surface area contributed by atoms with Crippen molar-refractivity contribution < 1.29 is 23.8 Å². The number of esters is 2. The van der Waals surface area contributed by atoms with Crippen LogP contribution in [0.4, 0.5) is 0 Å². The summed E-state index contributed by atoms with van der Waals surface area (Å²) in [6.45, 7) is 0.156. The van der Waals surface area contributed by atoms with Gasteiger partial charge in [-0.1, -0.05) is 48.0 Å². The van der Waals surface area contributed by atoms with E-state index in [-0.39, 0.29) is 25.2 Å². The smallest absolute Gasteiger partial charge is 0.311 e. The van der Waals surface area contributed by atoms with Crippen molar-refractivity contribution in [3.05, 3.63) is 71.2 Å². The highest BCUT2D eigenvalue weighted by Crippen LogP contribution is 2.30. The van der Waals surface area contributed by atoms with Gasteiger partial charge in [0.2, 0.25) is 0 Å². The first kappa shape index (κ1) is 19.7. The summed E-state index contributed by atoms with van der Waals surface area (Å²) >= 11 is 5.87. The lowest BCUT2D eigenvalue weighted by Gasteiger charge is -2.09. The normalized spacial score (nSPS) is 10.5. The van der Waals surface area contributed by atoms with Gasteiger partial charge in [-0.15, -0.1) is 0 Å². The molecule has 0 aromatic heterocycles. The van der Waals surface area contributed by atoms with Crippen molar-refractivity contribution in [1.82, 2.24) is 0 Å². The number of hydrogen-bond acceptors (Lipinski definition) is 5. The third kappa shape index (κ3) is 5.24. The zero-order chi connectivity index (χ0) is 19.9. The molecule has 3 rings (SSSR count). The van der Waals surface area contributed by atoms with Crippen LogP contribution in [0.15, 0.2) is 60.7 Å². The second-order valence-electron chi connectivity index (χ2n) is 6.11. The summed E-state index contributed by atoms with van der Waals surface area (Å²) in [6, 6.07) is 18.5. The van der Waals surface area contributed by atoms with Gasteiger partial charge in [-0.05, 0) is 34.5 Å². The molecule has 0 aliphatic heterocycles. The topological polar surface area (TPSA) is 61.8 Å². The Morgan fingerprint density at radius 2 is 1.61 bits per heavy atom. The third-order valence-electron chi connectivity index (χ3n) is 4.10. The largest absolute Gasteiger partial charge is 0.493 e. The van der Waals surface area contributed by atoms with Gasteiger partial charge >= 0.3 is 11.9 Å². The van der Waals surface area contributed by atoms with Crippen LogP contribution in [0.25, 0.3) is 10.8 Å². The van der Waals surface area contributed by atoms with E-state index in [1.807, 2.05) is 42.5 Å². The molecule has 3 aromatic rings. The maximum atomic E-state index is 12.0. The number of carbonyl (C=O) groups is 2. The average molecular weight is 399 g/mol. The number of methoxy groups -OCH3 is 1. The van der Waals surface area contributed by atoms with Crippen LogP contribution in [-0.2, 0) is 20.9 Å². The second kappa shape index (κ2) is 9.24. The summed E-state index contributed by atoms with van der Waals surface area (Å²) < 4.78 is 15.6. The van der Waals surface area contributed by atoms with E-state index in [1.165, 1.54) is 13.2 Å².